The maximum atomic E-state index is 13.0. The quantitative estimate of drug-likeness (QED) is 0.434. The Kier molecular flexibility index (Phi) is 5.37. The molecule has 2 aliphatic heterocycles. The zero-order chi connectivity index (χ0) is 19.8. The van der Waals surface area contributed by atoms with Crippen molar-refractivity contribution < 1.29 is 9.59 Å². The van der Waals surface area contributed by atoms with Gasteiger partial charge >= 0.3 is 0 Å². The summed E-state index contributed by atoms with van der Waals surface area (Å²) in [7, 11) is 0. The molecule has 0 bridgehead atoms. The number of anilines is 2. The molecule has 1 aromatic heterocycles. The van der Waals surface area contributed by atoms with Crippen LogP contribution in [-0.4, -0.2) is 35.0 Å². The summed E-state index contributed by atoms with van der Waals surface area (Å²) in [4.78, 5) is 33.8. The van der Waals surface area contributed by atoms with E-state index in [-0.39, 0.29) is 15.8 Å². The predicted octanol–water partition coefficient (Wildman–Crippen LogP) is 3.88. The lowest BCUT2D eigenvalue weighted by Crippen LogP contribution is -2.54. The molecule has 2 fully saturated rings. The molecule has 3 heterocycles. The van der Waals surface area contributed by atoms with Gasteiger partial charge in [-0.25, -0.2) is 4.98 Å². The minimum absolute atomic E-state index is 0.0163. The van der Waals surface area contributed by atoms with Crippen molar-refractivity contribution in [1.82, 2.24) is 10.3 Å². The van der Waals surface area contributed by atoms with Crippen LogP contribution in [0.25, 0.3) is 6.08 Å². The zero-order valence-corrected chi connectivity index (χ0v) is 17.6. The van der Waals surface area contributed by atoms with E-state index in [2.05, 4.69) is 15.2 Å². The standard InChI is InChI=1S/C18H14Cl2N4O2S2/c19-10-3-5-11(6-4-10)24-16(26)12(15(25)22-17(24)27)9-13-14(20)21-18(28-13)23-7-1-2-8-23/h3-6,9H,1-2,7-8H2,(H,22,25,27)/b12-9+. The van der Waals surface area contributed by atoms with Crippen molar-refractivity contribution in [3.8, 4) is 0 Å². The number of carbonyl (C=O) groups is 2. The molecule has 10 heteroatoms. The van der Waals surface area contributed by atoms with E-state index in [0.29, 0.717) is 15.6 Å². The highest BCUT2D eigenvalue weighted by atomic mass is 35.5. The number of hydrogen-bond acceptors (Lipinski definition) is 6. The second-order valence-corrected chi connectivity index (χ2v) is 8.47. The number of nitrogens with one attached hydrogen (secondary N) is 1. The largest absolute Gasteiger partial charge is 0.348 e. The summed E-state index contributed by atoms with van der Waals surface area (Å²) in [5.74, 6) is -1.09. The first kappa shape index (κ1) is 19.3. The molecule has 2 aromatic rings. The monoisotopic (exact) mass is 452 g/mol. The molecule has 0 unspecified atom stereocenters. The van der Waals surface area contributed by atoms with E-state index >= 15 is 0 Å². The van der Waals surface area contributed by atoms with E-state index in [4.69, 9.17) is 35.4 Å². The van der Waals surface area contributed by atoms with Crippen LogP contribution in [0.3, 0.4) is 0 Å². The molecular formula is C18H14Cl2N4O2S2. The summed E-state index contributed by atoms with van der Waals surface area (Å²) >= 11 is 18.7. The molecule has 0 saturated carbocycles. The van der Waals surface area contributed by atoms with E-state index in [0.717, 1.165) is 31.1 Å². The molecule has 2 saturated heterocycles. The Bertz CT molecular complexity index is 998. The van der Waals surface area contributed by atoms with E-state index < -0.39 is 11.8 Å². The van der Waals surface area contributed by atoms with Crippen molar-refractivity contribution in [1.29, 1.82) is 0 Å². The maximum Gasteiger partial charge on any atom is 0.270 e. The summed E-state index contributed by atoms with van der Waals surface area (Å²) in [6, 6.07) is 6.61. The fraction of sp³-hybridized carbons (Fsp3) is 0.222. The van der Waals surface area contributed by atoms with Gasteiger partial charge in [-0.05, 0) is 55.4 Å². The maximum absolute atomic E-state index is 13.0. The molecule has 0 spiro atoms. The van der Waals surface area contributed by atoms with E-state index in [1.54, 1.807) is 24.3 Å². The van der Waals surface area contributed by atoms with Gasteiger partial charge in [0.1, 0.15) is 10.7 Å². The molecule has 4 rings (SSSR count). The third-order valence-corrected chi connectivity index (χ3v) is 6.44. The van der Waals surface area contributed by atoms with Gasteiger partial charge in [0.05, 0.1) is 10.6 Å². The predicted molar refractivity (Wildman–Crippen MR) is 116 cm³/mol. The summed E-state index contributed by atoms with van der Waals surface area (Å²) < 4.78 is 0. The molecule has 0 atom stereocenters. The summed E-state index contributed by atoms with van der Waals surface area (Å²) in [5, 5.41) is 4.16. The van der Waals surface area contributed by atoms with Gasteiger partial charge in [-0.1, -0.05) is 34.5 Å². The zero-order valence-electron chi connectivity index (χ0n) is 14.4. The second kappa shape index (κ2) is 7.79. The van der Waals surface area contributed by atoms with Crippen molar-refractivity contribution in [2.24, 2.45) is 0 Å². The number of halogens is 2. The van der Waals surface area contributed by atoms with Gasteiger partial charge in [-0.3, -0.25) is 19.8 Å². The van der Waals surface area contributed by atoms with Crippen LogP contribution in [0.4, 0.5) is 10.8 Å². The molecule has 0 aliphatic carbocycles. The Morgan fingerprint density at radius 2 is 1.82 bits per heavy atom. The average Bonchev–Trinajstić information content (AvgIpc) is 3.30. The molecule has 2 aliphatic rings. The number of carbonyl (C=O) groups excluding carboxylic acids is 2. The van der Waals surface area contributed by atoms with Crippen LogP contribution in [0, 0.1) is 0 Å². The highest BCUT2D eigenvalue weighted by Gasteiger charge is 2.35. The average molecular weight is 453 g/mol. The molecule has 144 valence electrons. The summed E-state index contributed by atoms with van der Waals surface area (Å²) in [6.07, 6.45) is 3.70. The minimum atomic E-state index is -0.563. The Hall–Kier alpha value is -2.00. The van der Waals surface area contributed by atoms with Crippen molar-refractivity contribution in [3.05, 3.63) is 44.9 Å². The van der Waals surface area contributed by atoms with Crippen LogP contribution in [0.2, 0.25) is 10.2 Å². The van der Waals surface area contributed by atoms with E-state index in [1.807, 2.05) is 0 Å². The van der Waals surface area contributed by atoms with Gasteiger partial charge in [-0.15, -0.1) is 0 Å². The SMILES string of the molecule is O=C1NC(=S)N(c2ccc(Cl)cc2)C(=O)/C1=C/c1sc(N2CCCC2)nc1Cl. The van der Waals surface area contributed by atoms with Gasteiger partial charge in [-0.2, -0.15) is 0 Å². The number of thiocarbonyl (C=S) groups is 1. The van der Waals surface area contributed by atoms with Crippen molar-refractivity contribution in [2.45, 2.75) is 12.8 Å². The lowest BCUT2D eigenvalue weighted by Gasteiger charge is -2.28. The summed E-state index contributed by atoms with van der Waals surface area (Å²) in [6.45, 7) is 1.86. The summed E-state index contributed by atoms with van der Waals surface area (Å²) in [5.41, 5.74) is 0.459. The molecular weight excluding hydrogens is 439 g/mol. The Balaban J connectivity index is 1.68. The number of amides is 2. The molecule has 28 heavy (non-hydrogen) atoms. The Morgan fingerprint density at radius 1 is 1.14 bits per heavy atom. The van der Waals surface area contributed by atoms with Crippen LogP contribution in [-0.2, 0) is 9.59 Å². The third kappa shape index (κ3) is 3.65. The highest BCUT2D eigenvalue weighted by Crippen LogP contribution is 2.34. The van der Waals surface area contributed by atoms with E-state index in [9.17, 15) is 9.59 Å². The Morgan fingerprint density at radius 3 is 2.50 bits per heavy atom. The fourth-order valence-electron chi connectivity index (χ4n) is 3.05. The van der Waals surface area contributed by atoms with Crippen LogP contribution in [0.5, 0.6) is 0 Å². The highest BCUT2D eigenvalue weighted by molar-refractivity contribution is 7.80. The molecule has 1 N–H and O–H groups in total. The van der Waals surface area contributed by atoms with E-state index in [1.165, 1.54) is 22.3 Å². The fourth-order valence-corrected chi connectivity index (χ4v) is 4.71. The van der Waals surface area contributed by atoms with Crippen LogP contribution < -0.4 is 15.1 Å². The Labute approximate surface area is 180 Å². The van der Waals surface area contributed by atoms with Crippen LogP contribution >= 0.6 is 46.8 Å². The lowest BCUT2D eigenvalue weighted by molar-refractivity contribution is -0.122. The van der Waals surface area contributed by atoms with Gasteiger partial charge in [0.2, 0.25) is 0 Å². The first-order valence-electron chi connectivity index (χ1n) is 8.52. The number of rotatable bonds is 3. The first-order chi connectivity index (χ1) is 13.4. The smallest absolute Gasteiger partial charge is 0.270 e. The van der Waals surface area contributed by atoms with Crippen LogP contribution in [0.15, 0.2) is 29.8 Å². The number of benzene rings is 1. The number of thiazole rings is 1. The van der Waals surface area contributed by atoms with Crippen molar-refractivity contribution in [3.63, 3.8) is 0 Å². The van der Waals surface area contributed by atoms with Gasteiger partial charge in [0.15, 0.2) is 10.2 Å². The number of aromatic nitrogens is 1. The molecule has 1 aromatic carbocycles. The van der Waals surface area contributed by atoms with Gasteiger partial charge < -0.3 is 4.90 Å². The minimum Gasteiger partial charge on any atom is -0.348 e. The molecule has 2 amide bonds. The normalized spacial score (nSPS) is 18.9. The molecule has 0 radical (unpaired) electrons. The third-order valence-electron chi connectivity index (χ3n) is 4.44. The lowest BCUT2D eigenvalue weighted by atomic mass is 10.1. The first-order valence-corrected chi connectivity index (χ1v) is 10.5. The van der Waals surface area contributed by atoms with Crippen molar-refractivity contribution in [2.75, 3.05) is 22.9 Å². The van der Waals surface area contributed by atoms with Crippen LogP contribution in [0.1, 0.15) is 17.7 Å². The topological polar surface area (TPSA) is 65.5 Å². The van der Waals surface area contributed by atoms with Gasteiger partial charge in [0.25, 0.3) is 11.8 Å². The second-order valence-electron chi connectivity index (χ2n) is 6.28. The van der Waals surface area contributed by atoms with Gasteiger partial charge in [0, 0.05) is 18.1 Å². The number of hydrogen-bond donors (Lipinski definition) is 1. The number of nitrogens with zero attached hydrogens (tertiary/aromatic N) is 3. The molecule has 6 nitrogen and oxygen atoms in total. The van der Waals surface area contributed by atoms with Crippen molar-refractivity contribution >= 4 is 80.6 Å².